The summed E-state index contributed by atoms with van der Waals surface area (Å²) in [5.41, 5.74) is -1.71. The highest BCUT2D eigenvalue weighted by atomic mass is 19.3. The van der Waals surface area contributed by atoms with Gasteiger partial charge in [-0.05, 0) is 26.7 Å². The van der Waals surface area contributed by atoms with Crippen LogP contribution in [-0.2, 0) is 4.79 Å². The van der Waals surface area contributed by atoms with E-state index in [1.807, 2.05) is 0 Å². The lowest BCUT2D eigenvalue weighted by molar-refractivity contribution is -0.150. The molecule has 1 aliphatic rings. The van der Waals surface area contributed by atoms with Gasteiger partial charge in [0, 0.05) is 6.54 Å². The number of alkyl halides is 3. The van der Waals surface area contributed by atoms with Crippen molar-refractivity contribution in [1.82, 2.24) is 4.90 Å². The molecule has 0 N–H and O–H groups in total. The molecule has 1 atom stereocenters. The van der Waals surface area contributed by atoms with Crippen LogP contribution in [0.3, 0.4) is 0 Å². The smallest absolute Gasteiger partial charge is 0.252 e. The average molecular weight is 223 g/mol. The Balaban J connectivity index is 2.75. The van der Waals surface area contributed by atoms with Gasteiger partial charge in [-0.2, -0.15) is 0 Å². The van der Waals surface area contributed by atoms with Crippen LogP contribution in [0.5, 0.6) is 0 Å². The van der Waals surface area contributed by atoms with Crippen molar-refractivity contribution in [3.05, 3.63) is 0 Å². The molecule has 0 spiro atoms. The maximum Gasteiger partial charge on any atom is 0.252 e. The van der Waals surface area contributed by atoms with Crippen molar-refractivity contribution in [2.75, 3.05) is 13.2 Å². The fraction of sp³-hybridized carbons (Fsp3) is 0.900. The molecule has 15 heavy (non-hydrogen) atoms. The number of halogens is 3. The van der Waals surface area contributed by atoms with Crippen LogP contribution in [0.4, 0.5) is 13.2 Å². The molecule has 1 aliphatic heterocycles. The SMILES string of the molecule is CC(C)(C(=O)N1CCC[C@@H]1CF)C(F)F. The van der Waals surface area contributed by atoms with E-state index in [2.05, 4.69) is 0 Å². The van der Waals surface area contributed by atoms with E-state index in [-0.39, 0.29) is 0 Å². The van der Waals surface area contributed by atoms with E-state index in [0.717, 1.165) is 0 Å². The first-order valence-electron chi connectivity index (χ1n) is 5.06. The summed E-state index contributed by atoms with van der Waals surface area (Å²) in [6.07, 6.45) is -1.45. The third kappa shape index (κ3) is 2.26. The summed E-state index contributed by atoms with van der Waals surface area (Å²) in [7, 11) is 0. The Morgan fingerprint density at radius 3 is 2.60 bits per heavy atom. The topological polar surface area (TPSA) is 20.3 Å². The summed E-state index contributed by atoms with van der Waals surface area (Å²) in [6.45, 7) is 2.15. The van der Waals surface area contributed by atoms with E-state index in [0.29, 0.717) is 19.4 Å². The molecule has 0 aromatic heterocycles. The monoisotopic (exact) mass is 223 g/mol. The molecule has 1 fully saturated rings. The van der Waals surface area contributed by atoms with Crippen molar-refractivity contribution in [3.8, 4) is 0 Å². The van der Waals surface area contributed by atoms with Crippen molar-refractivity contribution >= 4 is 5.91 Å². The molecule has 5 heteroatoms. The predicted octanol–water partition coefficient (Wildman–Crippen LogP) is 2.24. The van der Waals surface area contributed by atoms with E-state index in [1.165, 1.54) is 18.7 Å². The lowest BCUT2D eigenvalue weighted by Gasteiger charge is -2.31. The molecule has 0 bridgehead atoms. The molecule has 1 heterocycles. The minimum absolute atomic E-state index is 0.392. The van der Waals surface area contributed by atoms with Gasteiger partial charge in [0.2, 0.25) is 5.91 Å². The van der Waals surface area contributed by atoms with Gasteiger partial charge in [0.25, 0.3) is 6.43 Å². The Labute approximate surface area is 87.4 Å². The highest BCUT2D eigenvalue weighted by Crippen LogP contribution is 2.31. The van der Waals surface area contributed by atoms with Crippen molar-refractivity contribution in [2.45, 2.75) is 39.2 Å². The predicted molar refractivity (Wildman–Crippen MR) is 50.5 cm³/mol. The van der Waals surface area contributed by atoms with Crippen molar-refractivity contribution < 1.29 is 18.0 Å². The van der Waals surface area contributed by atoms with Crippen LogP contribution >= 0.6 is 0 Å². The van der Waals surface area contributed by atoms with Crippen molar-refractivity contribution in [2.24, 2.45) is 5.41 Å². The summed E-state index contributed by atoms with van der Waals surface area (Å²) in [5.74, 6) is -0.641. The second kappa shape index (κ2) is 4.41. The number of hydrogen-bond acceptors (Lipinski definition) is 1. The van der Waals surface area contributed by atoms with E-state index < -0.39 is 30.5 Å². The Bertz CT molecular complexity index is 243. The highest BCUT2D eigenvalue weighted by Gasteiger charge is 2.43. The third-order valence-corrected chi connectivity index (χ3v) is 2.91. The van der Waals surface area contributed by atoms with Crippen LogP contribution < -0.4 is 0 Å². The van der Waals surface area contributed by atoms with E-state index in [9.17, 15) is 18.0 Å². The highest BCUT2D eigenvalue weighted by molar-refractivity contribution is 5.83. The summed E-state index contributed by atoms with van der Waals surface area (Å²) in [5, 5.41) is 0. The van der Waals surface area contributed by atoms with E-state index in [4.69, 9.17) is 0 Å². The van der Waals surface area contributed by atoms with Gasteiger partial charge in [-0.1, -0.05) is 0 Å². The van der Waals surface area contributed by atoms with Gasteiger partial charge in [-0.3, -0.25) is 4.79 Å². The Morgan fingerprint density at radius 2 is 2.13 bits per heavy atom. The lowest BCUT2D eigenvalue weighted by Crippen LogP contribution is -2.47. The maximum absolute atomic E-state index is 12.6. The van der Waals surface area contributed by atoms with Crippen LogP contribution in [0.25, 0.3) is 0 Å². The first kappa shape index (κ1) is 12.3. The van der Waals surface area contributed by atoms with Crippen LogP contribution in [0.2, 0.25) is 0 Å². The van der Waals surface area contributed by atoms with Crippen molar-refractivity contribution in [3.63, 3.8) is 0 Å². The maximum atomic E-state index is 12.6. The molecular weight excluding hydrogens is 207 g/mol. The molecule has 1 rings (SSSR count). The van der Waals surface area contributed by atoms with Gasteiger partial charge in [-0.15, -0.1) is 0 Å². The number of likely N-dealkylation sites (tertiary alicyclic amines) is 1. The number of carbonyl (C=O) groups excluding carboxylic acids is 1. The average Bonchev–Trinajstić information content (AvgIpc) is 2.63. The lowest BCUT2D eigenvalue weighted by atomic mass is 9.92. The summed E-state index contributed by atoms with van der Waals surface area (Å²) >= 11 is 0. The summed E-state index contributed by atoms with van der Waals surface area (Å²) in [4.78, 5) is 13.0. The fourth-order valence-corrected chi connectivity index (χ4v) is 1.73. The molecule has 88 valence electrons. The van der Waals surface area contributed by atoms with Crippen LogP contribution in [-0.4, -0.2) is 36.5 Å². The molecule has 0 aliphatic carbocycles. The zero-order chi connectivity index (χ0) is 11.6. The standard InChI is InChI=1S/C10H16F3NO/c1-10(2,8(12)13)9(15)14-5-3-4-7(14)6-11/h7-8H,3-6H2,1-2H3/t7-/m1/s1. The van der Waals surface area contributed by atoms with E-state index in [1.54, 1.807) is 0 Å². The Kier molecular flexibility index (Phi) is 3.62. The first-order valence-corrected chi connectivity index (χ1v) is 5.06. The zero-order valence-corrected chi connectivity index (χ0v) is 8.97. The molecule has 1 saturated heterocycles. The number of hydrogen-bond donors (Lipinski definition) is 0. The van der Waals surface area contributed by atoms with Gasteiger partial charge in [-0.25, -0.2) is 13.2 Å². The number of rotatable bonds is 3. The molecule has 0 unspecified atom stereocenters. The number of amides is 1. The van der Waals surface area contributed by atoms with Gasteiger partial charge >= 0.3 is 0 Å². The molecule has 0 aromatic carbocycles. The molecule has 0 aromatic rings. The quantitative estimate of drug-likeness (QED) is 0.718. The zero-order valence-electron chi connectivity index (χ0n) is 8.97. The molecule has 0 saturated carbocycles. The van der Waals surface area contributed by atoms with Crippen molar-refractivity contribution in [1.29, 1.82) is 0 Å². The minimum atomic E-state index is -2.72. The summed E-state index contributed by atoms with van der Waals surface area (Å²) in [6, 6.07) is -0.504. The first-order chi connectivity index (χ1) is 6.91. The van der Waals surface area contributed by atoms with Crippen LogP contribution in [0.15, 0.2) is 0 Å². The van der Waals surface area contributed by atoms with E-state index >= 15 is 0 Å². The van der Waals surface area contributed by atoms with Crippen LogP contribution in [0, 0.1) is 5.41 Å². The molecule has 0 radical (unpaired) electrons. The number of nitrogens with zero attached hydrogens (tertiary/aromatic N) is 1. The largest absolute Gasteiger partial charge is 0.336 e. The van der Waals surface area contributed by atoms with Crippen LogP contribution in [0.1, 0.15) is 26.7 Å². The molecule has 2 nitrogen and oxygen atoms in total. The normalized spacial score (nSPS) is 22.5. The number of carbonyl (C=O) groups is 1. The minimum Gasteiger partial charge on any atom is -0.336 e. The second-order valence-corrected chi connectivity index (χ2v) is 4.47. The van der Waals surface area contributed by atoms with Gasteiger partial charge in [0.15, 0.2) is 0 Å². The Morgan fingerprint density at radius 1 is 1.53 bits per heavy atom. The molecule has 1 amide bonds. The molecular formula is C10H16F3NO. The van der Waals surface area contributed by atoms with Gasteiger partial charge < -0.3 is 4.90 Å². The fourth-order valence-electron chi connectivity index (χ4n) is 1.73. The van der Waals surface area contributed by atoms with Gasteiger partial charge in [0.1, 0.15) is 12.1 Å². The Hall–Kier alpha value is -0.740. The van der Waals surface area contributed by atoms with Gasteiger partial charge in [0.05, 0.1) is 6.04 Å². The summed E-state index contributed by atoms with van der Waals surface area (Å²) < 4.78 is 37.7. The third-order valence-electron chi connectivity index (χ3n) is 2.91. The second-order valence-electron chi connectivity index (χ2n) is 4.47.